The molecule has 27 heavy (non-hydrogen) atoms. The van der Waals surface area contributed by atoms with E-state index in [1.165, 1.54) is 5.56 Å². The van der Waals surface area contributed by atoms with E-state index in [0.717, 1.165) is 41.2 Å². The van der Waals surface area contributed by atoms with Crippen molar-refractivity contribution >= 4 is 11.7 Å². The lowest BCUT2D eigenvalue weighted by Gasteiger charge is -2.28. The van der Waals surface area contributed by atoms with Crippen LogP contribution in [0, 0.1) is 0 Å². The molecule has 1 aliphatic rings. The van der Waals surface area contributed by atoms with E-state index >= 15 is 0 Å². The van der Waals surface area contributed by atoms with Crippen molar-refractivity contribution in [3.63, 3.8) is 0 Å². The normalized spacial score (nSPS) is 13.1. The SMILES string of the molecule is CCc1ccc(NC(=O)N2CCc3nc(-c4ccccc4)ncc3C2)cc1. The minimum Gasteiger partial charge on any atom is -0.320 e. The first-order valence-corrected chi connectivity index (χ1v) is 9.28. The summed E-state index contributed by atoms with van der Waals surface area (Å²) in [5.41, 5.74) is 5.12. The molecule has 3 aromatic rings. The lowest BCUT2D eigenvalue weighted by molar-refractivity contribution is 0.206. The highest BCUT2D eigenvalue weighted by molar-refractivity contribution is 5.89. The van der Waals surface area contributed by atoms with Crippen LogP contribution in [0.1, 0.15) is 23.7 Å². The van der Waals surface area contributed by atoms with Gasteiger partial charge in [0, 0.05) is 36.0 Å². The van der Waals surface area contributed by atoms with E-state index in [2.05, 4.69) is 17.2 Å². The number of fused-ring (bicyclic) bond motifs is 1. The highest BCUT2D eigenvalue weighted by Crippen LogP contribution is 2.21. The molecule has 0 saturated heterocycles. The van der Waals surface area contributed by atoms with Crippen molar-refractivity contribution in [2.75, 3.05) is 11.9 Å². The predicted octanol–water partition coefficient (Wildman–Crippen LogP) is 4.30. The van der Waals surface area contributed by atoms with Crippen molar-refractivity contribution in [2.45, 2.75) is 26.3 Å². The van der Waals surface area contributed by atoms with Gasteiger partial charge in [-0.3, -0.25) is 0 Å². The number of benzene rings is 2. The zero-order chi connectivity index (χ0) is 18.6. The zero-order valence-corrected chi connectivity index (χ0v) is 15.4. The number of amides is 2. The minimum atomic E-state index is -0.0861. The van der Waals surface area contributed by atoms with E-state index < -0.39 is 0 Å². The Balaban J connectivity index is 1.45. The van der Waals surface area contributed by atoms with Gasteiger partial charge in [-0.25, -0.2) is 14.8 Å². The monoisotopic (exact) mass is 358 g/mol. The Morgan fingerprint density at radius 2 is 1.89 bits per heavy atom. The number of rotatable bonds is 3. The van der Waals surface area contributed by atoms with Crippen molar-refractivity contribution in [1.82, 2.24) is 14.9 Å². The van der Waals surface area contributed by atoms with Crippen LogP contribution < -0.4 is 5.32 Å². The molecule has 1 N–H and O–H groups in total. The number of carbonyl (C=O) groups is 1. The molecular weight excluding hydrogens is 336 g/mol. The van der Waals surface area contributed by atoms with Gasteiger partial charge in [0.25, 0.3) is 0 Å². The van der Waals surface area contributed by atoms with Gasteiger partial charge in [-0.15, -0.1) is 0 Å². The van der Waals surface area contributed by atoms with E-state index in [9.17, 15) is 4.79 Å². The molecule has 136 valence electrons. The summed E-state index contributed by atoms with van der Waals surface area (Å²) in [6.45, 7) is 3.30. The second-order valence-electron chi connectivity index (χ2n) is 6.68. The van der Waals surface area contributed by atoms with E-state index in [1.807, 2.05) is 65.7 Å². The van der Waals surface area contributed by atoms with Crippen molar-refractivity contribution in [3.8, 4) is 11.4 Å². The average molecular weight is 358 g/mol. The van der Waals surface area contributed by atoms with Gasteiger partial charge < -0.3 is 10.2 Å². The maximum atomic E-state index is 12.6. The van der Waals surface area contributed by atoms with E-state index in [1.54, 1.807) is 0 Å². The second-order valence-corrected chi connectivity index (χ2v) is 6.68. The Kier molecular flexibility index (Phi) is 4.83. The number of nitrogens with zero attached hydrogens (tertiary/aromatic N) is 3. The molecule has 0 saturated carbocycles. The molecule has 0 radical (unpaired) electrons. The topological polar surface area (TPSA) is 58.1 Å². The molecular formula is C22H22N4O. The molecule has 0 spiro atoms. The third-order valence-electron chi connectivity index (χ3n) is 4.87. The molecule has 0 aliphatic carbocycles. The van der Waals surface area contributed by atoms with Crippen LogP contribution in [0.3, 0.4) is 0 Å². The Labute approximate surface area is 159 Å². The smallest absolute Gasteiger partial charge is 0.320 e. The van der Waals surface area contributed by atoms with Crippen LogP contribution in [0.4, 0.5) is 10.5 Å². The fourth-order valence-electron chi connectivity index (χ4n) is 3.24. The number of aromatic nitrogens is 2. The van der Waals surface area contributed by atoms with Crippen LogP contribution in [-0.4, -0.2) is 27.4 Å². The number of nitrogens with one attached hydrogen (secondary N) is 1. The number of aryl methyl sites for hydroxylation is 1. The number of urea groups is 1. The van der Waals surface area contributed by atoms with E-state index in [0.29, 0.717) is 13.1 Å². The third kappa shape index (κ3) is 3.82. The lowest BCUT2D eigenvalue weighted by atomic mass is 10.1. The molecule has 0 fully saturated rings. The second kappa shape index (κ2) is 7.58. The van der Waals surface area contributed by atoms with Crippen molar-refractivity contribution < 1.29 is 4.79 Å². The summed E-state index contributed by atoms with van der Waals surface area (Å²) >= 11 is 0. The number of carbonyl (C=O) groups excluding carboxylic acids is 1. The lowest BCUT2D eigenvalue weighted by Crippen LogP contribution is -2.39. The zero-order valence-electron chi connectivity index (χ0n) is 15.4. The summed E-state index contributed by atoms with van der Waals surface area (Å²) in [6, 6.07) is 17.9. The van der Waals surface area contributed by atoms with Crippen LogP contribution in [0.15, 0.2) is 60.8 Å². The van der Waals surface area contributed by atoms with Gasteiger partial charge in [0.1, 0.15) is 0 Å². The van der Waals surface area contributed by atoms with Gasteiger partial charge >= 0.3 is 6.03 Å². The van der Waals surface area contributed by atoms with Crippen LogP contribution in [-0.2, 0) is 19.4 Å². The van der Waals surface area contributed by atoms with Gasteiger partial charge in [-0.2, -0.15) is 0 Å². The summed E-state index contributed by atoms with van der Waals surface area (Å²) in [6.07, 6.45) is 3.57. The maximum Gasteiger partial charge on any atom is 0.322 e. The van der Waals surface area contributed by atoms with Gasteiger partial charge in [0.15, 0.2) is 5.82 Å². The third-order valence-corrected chi connectivity index (χ3v) is 4.87. The Hall–Kier alpha value is -3.21. The van der Waals surface area contributed by atoms with Crippen LogP contribution in [0.2, 0.25) is 0 Å². The Morgan fingerprint density at radius 1 is 1.11 bits per heavy atom. The van der Waals surface area contributed by atoms with Crippen LogP contribution >= 0.6 is 0 Å². The molecule has 1 aliphatic heterocycles. The molecule has 0 bridgehead atoms. The van der Waals surface area contributed by atoms with Crippen molar-refractivity contribution in [1.29, 1.82) is 0 Å². The molecule has 5 heteroatoms. The quantitative estimate of drug-likeness (QED) is 0.759. The fourth-order valence-corrected chi connectivity index (χ4v) is 3.24. The maximum absolute atomic E-state index is 12.6. The first-order valence-electron chi connectivity index (χ1n) is 9.28. The molecule has 0 unspecified atom stereocenters. The number of anilines is 1. The molecule has 0 atom stereocenters. The van der Waals surface area contributed by atoms with Gasteiger partial charge in [0.05, 0.1) is 12.2 Å². The van der Waals surface area contributed by atoms with E-state index in [4.69, 9.17) is 4.98 Å². The minimum absolute atomic E-state index is 0.0861. The van der Waals surface area contributed by atoms with Crippen LogP contribution in [0.25, 0.3) is 11.4 Å². The van der Waals surface area contributed by atoms with Gasteiger partial charge in [0.2, 0.25) is 0 Å². The molecule has 2 amide bonds. The van der Waals surface area contributed by atoms with E-state index in [-0.39, 0.29) is 6.03 Å². The summed E-state index contributed by atoms with van der Waals surface area (Å²) in [5, 5.41) is 2.98. The molecule has 1 aromatic heterocycles. The molecule has 5 nitrogen and oxygen atoms in total. The van der Waals surface area contributed by atoms with Crippen LogP contribution in [0.5, 0.6) is 0 Å². The Bertz CT molecular complexity index is 938. The van der Waals surface area contributed by atoms with Gasteiger partial charge in [-0.1, -0.05) is 49.4 Å². The van der Waals surface area contributed by atoms with Crippen molar-refractivity contribution in [2.24, 2.45) is 0 Å². The average Bonchev–Trinajstić information content (AvgIpc) is 2.74. The summed E-state index contributed by atoms with van der Waals surface area (Å²) in [5.74, 6) is 0.739. The highest BCUT2D eigenvalue weighted by atomic mass is 16.2. The predicted molar refractivity (Wildman–Crippen MR) is 106 cm³/mol. The number of hydrogen-bond acceptors (Lipinski definition) is 3. The molecule has 4 rings (SSSR count). The molecule has 2 heterocycles. The highest BCUT2D eigenvalue weighted by Gasteiger charge is 2.22. The fraction of sp³-hybridized carbons (Fsp3) is 0.227. The summed E-state index contributed by atoms with van der Waals surface area (Å²) in [7, 11) is 0. The van der Waals surface area contributed by atoms with Crippen molar-refractivity contribution in [3.05, 3.63) is 77.6 Å². The summed E-state index contributed by atoms with van der Waals surface area (Å²) < 4.78 is 0. The summed E-state index contributed by atoms with van der Waals surface area (Å²) in [4.78, 5) is 23.6. The first kappa shape index (κ1) is 17.2. The standard InChI is InChI=1S/C22H22N4O/c1-2-16-8-10-19(11-9-16)24-22(27)26-13-12-20-18(15-26)14-23-21(25-20)17-6-4-3-5-7-17/h3-11,14H,2,12-13,15H2,1H3,(H,24,27). The Morgan fingerprint density at radius 3 is 2.63 bits per heavy atom. The molecule has 2 aromatic carbocycles. The largest absolute Gasteiger partial charge is 0.322 e. The van der Waals surface area contributed by atoms with Gasteiger partial charge in [-0.05, 0) is 24.1 Å². The first-order chi connectivity index (χ1) is 13.2. The number of hydrogen-bond donors (Lipinski definition) is 1.